The number of nitrogens with zero attached hydrogens (tertiary/aromatic N) is 2. The third-order valence-corrected chi connectivity index (χ3v) is 5.88. The lowest BCUT2D eigenvalue weighted by molar-refractivity contribution is 0.150. The van der Waals surface area contributed by atoms with Crippen LogP contribution in [0, 0.1) is 0 Å². The summed E-state index contributed by atoms with van der Waals surface area (Å²) in [4.78, 5) is 3.42. The summed E-state index contributed by atoms with van der Waals surface area (Å²) in [5, 5.41) is 0. The maximum atomic E-state index is 12.9. The molecule has 5 nitrogen and oxygen atoms in total. The first-order valence-electron chi connectivity index (χ1n) is 7.52. The molecule has 0 radical (unpaired) electrons. The van der Waals surface area contributed by atoms with Gasteiger partial charge in [-0.05, 0) is 36.1 Å². The molecule has 128 valence electrons. The largest absolute Gasteiger partial charge is 0.326 e. The monoisotopic (exact) mass is 353 g/mol. The number of nitrogens with two attached hydrogens (primary N) is 1. The van der Waals surface area contributed by atoms with Gasteiger partial charge < -0.3 is 5.73 Å². The Kier molecular flexibility index (Phi) is 4.51. The number of hydrogen-bond donors (Lipinski definition) is 1. The number of hydrogen-bond acceptors (Lipinski definition) is 4. The van der Waals surface area contributed by atoms with Gasteiger partial charge in [0.25, 0.3) is 16.4 Å². The lowest BCUT2D eigenvalue weighted by atomic mass is 9.98. The predicted octanol–water partition coefficient (Wildman–Crippen LogP) is 2.62. The predicted molar refractivity (Wildman–Crippen MR) is 86.4 cm³/mol. The second-order valence-electron chi connectivity index (χ2n) is 5.55. The van der Waals surface area contributed by atoms with Gasteiger partial charge >= 0.3 is 0 Å². The number of halogens is 2. The summed E-state index contributed by atoms with van der Waals surface area (Å²) in [7, 11) is -3.96. The molecule has 0 aliphatic carbocycles. The van der Waals surface area contributed by atoms with Crippen molar-refractivity contribution in [2.45, 2.75) is 30.7 Å². The molecular weight excluding hydrogens is 336 g/mol. The minimum Gasteiger partial charge on any atom is -0.326 e. The fraction of sp³-hybridized carbons (Fsp3) is 0.312. The number of rotatable bonds is 4. The lowest BCUT2D eigenvalue weighted by Gasteiger charge is -2.31. The summed E-state index contributed by atoms with van der Waals surface area (Å²) >= 11 is 0. The molecule has 0 unspecified atom stereocenters. The highest BCUT2D eigenvalue weighted by Crippen LogP contribution is 2.34. The van der Waals surface area contributed by atoms with E-state index < -0.39 is 22.0 Å². The summed E-state index contributed by atoms with van der Waals surface area (Å²) < 4.78 is 52.8. The molecule has 2 N–H and O–H groups in total. The molecule has 0 fully saturated rings. The van der Waals surface area contributed by atoms with Gasteiger partial charge in [0.1, 0.15) is 4.90 Å². The summed E-state index contributed by atoms with van der Waals surface area (Å²) in [6.45, 7) is 0.613. The molecule has 1 aromatic carbocycles. The van der Waals surface area contributed by atoms with E-state index in [9.17, 15) is 17.2 Å². The summed E-state index contributed by atoms with van der Waals surface area (Å²) in [5.74, 6) is 0. The first-order valence-corrected chi connectivity index (χ1v) is 8.96. The van der Waals surface area contributed by atoms with Crippen LogP contribution >= 0.6 is 0 Å². The van der Waals surface area contributed by atoms with Gasteiger partial charge in [-0.25, -0.2) is 17.2 Å². The molecule has 1 aliphatic rings. The Hall–Kier alpha value is -2.06. The van der Waals surface area contributed by atoms with Crippen LogP contribution in [0.1, 0.15) is 29.5 Å². The summed E-state index contributed by atoms with van der Waals surface area (Å²) in [6.07, 6.45) is 0.683. The Balaban J connectivity index is 2.08. The zero-order valence-corrected chi connectivity index (χ0v) is 13.6. The van der Waals surface area contributed by atoms with E-state index in [0.29, 0.717) is 25.2 Å². The molecule has 0 atom stereocenters. The van der Waals surface area contributed by atoms with Crippen molar-refractivity contribution in [3.05, 3.63) is 53.3 Å². The van der Waals surface area contributed by atoms with E-state index in [2.05, 4.69) is 4.98 Å². The molecule has 0 amide bonds. The smallest absolute Gasteiger partial charge is 0.265 e. The molecule has 8 heteroatoms. The fourth-order valence-electron chi connectivity index (χ4n) is 2.93. The van der Waals surface area contributed by atoms with E-state index in [0.717, 1.165) is 36.0 Å². The average Bonchev–Trinajstić information content (AvgIpc) is 2.60. The Morgan fingerprint density at radius 2 is 2.08 bits per heavy atom. The van der Waals surface area contributed by atoms with Crippen LogP contribution in [0.2, 0.25) is 0 Å². The van der Waals surface area contributed by atoms with Crippen LogP contribution in [0.5, 0.6) is 0 Å². The number of alkyl halides is 2. The molecule has 1 aliphatic heterocycles. The number of sulfonamides is 1. The Morgan fingerprint density at radius 1 is 1.29 bits per heavy atom. The van der Waals surface area contributed by atoms with Crippen molar-refractivity contribution in [3.8, 4) is 0 Å². The van der Waals surface area contributed by atoms with Crippen molar-refractivity contribution in [3.63, 3.8) is 0 Å². The van der Waals surface area contributed by atoms with Gasteiger partial charge in [-0.3, -0.25) is 9.29 Å². The van der Waals surface area contributed by atoms with Crippen LogP contribution in [0.25, 0.3) is 0 Å². The molecule has 0 bridgehead atoms. The van der Waals surface area contributed by atoms with Gasteiger partial charge in [-0.15, -0.1) is 0 Å². The minimum atomic E-state index is -3.96. The SMILES string of the molecule is NCc1cccc2c1CCCN2S(=O)(=O)c1cncc(C(F)F)c1. The maximum absolute atomic E-state index is 12.9. The standard InChI is InChI=1S/C16H17F2N3O2S/c17-16(18)12-7-13(10-20-9-12)24(22,23)21-6-2-4-14-11(8-19)3-1-5-15(14)21/h1,3,5,7,9-10,16H,2,4,6,8,19H2. The van der Waals surface area contributed by atoms with E-state index >= 15 is 0 Å². The highest BCUT2D eigenvalue weighted by molar-refractivity contribution is 7.92. The molecule has 1 aromatic heterocycles. The average molecular weight is 353 g/mol. The van der Waals surface area contributed by atoms with Crippen LogP contribution < -0.4 is 10.0 Å². The quantitative estimate of drug-likeness (QED) is 0.917. The maximum Gasteiger partial charge on any atom is 0.265 e. The molecule has 2 heterocycles. The van der Waals surface area contributed by atoms with Gasteiger partial charge in [0, 0.05) is 31.0 Å². The van der Waals surface area contributed by atoms with E-state index in [1.165, 1.54) is 4.31 Å². The fourth-order valence-corrected chi connectivity index (χ4v) is 4.46. The van der Waals surface area contributed by atoms with Crippen molar-refractivity contribution < 1.29 is 17.2 Å². The normalized spacial score (nSPS) is 14.8. The zero-order valence-electron chi connectivity index (χ0n) is 12.8. The highest BCUT2D eigenvalue weighted by Gasteiger charge is 2.30. The van der Waals surface area contributed by atoms with Crippen LogP contribution in [0.3, 0.4) is 0 Å². The van der Waals surface area contributed by atoms with Gasteiger partial charge in [0.05, 0.1) is 5.69 Å². The first kappa shape index (κ1) is 16.8. The number of pyridine rings is 1. The Labute approximate surface area is 139 Å². The highest BCUT2D eigenvalue weighted by atomic mass is 32.2. The number of benzene rings is 1. The van der Waals surface area contributed by atoms with E-state index in [-0.39, 0.29) is 4.90 Å². The van der Waals surface area contributed by atoms with E-state index in [1.807, 2.05) is 6.07 Å². The second kappa shape index (κ2) is 6.45. The van der Waals surface area contributed by atoms with Gasteiger partial charge in [0.2, 0.25) is 0 Å². The number of aromatic nitrogens is 1. The van der Waals surface area contributed by atoms with Crippen molar-refractivity contribution >= 4 is 15.7 Å². The molecule has 0 saturated heterocycles. The van der Waals surface area contributed by atoms with E-state index in [1.54, 1.807) is 12.1 Å². The minimum absolute atomic E-state index is 0.230. The van der Waals surface area contributed by atoms with Crippen molar-refractivity contribution in [1.29, 1.82) is 0 Å². The Bertz CT molecular complexity index is 856. The topological polar surface area (TPSA) is 76.3 Å². The number of anilines is 1. The zero-order chi connectivity index (χ0) is 17.3. The Morgan fingerprint density at radius 3 is 2.79 bits per heavy atom. The van der Waals surface area contributed by atoms with Gasteiger partial charge in [0.15, 0.2) is 0 Å². The van der Waals surface area contributed by atoms with Gasteiger partial charge in [-0.1, -0.05) is 12.1 Å². The van der Waals surface area contributed by atoms with Crippen molar-refractivity contribution in [2.24, 2.45) is 5.73 Å². The second-order valence-corrected chi connectivity index (χ2v) is 7.42. The van der Waals surface area contributed by atoms with Crippen LogP contribution in [0.4, 0.5) is 14.5 Å². The van der Waals surface area contributed by atoms with Gasteiger partial charge in [-0.2, -0.15) is 0 Å². The molecule has 0 spiro atoms. The molecule has 3 rings (SSSR count). The molecule has 0 saturated carbocycles. The third kappa shape index (κ3) is 2.87. The van der Waals surface area contributed by atoms with Crippen molar-refractivity contribution in [1.82, 2.24) is 4.98 Å². The summed E-state index contributed by atoms with van der Waals surface area (Å²) in [5.41, 5.74) is 7.67. The third-order valence-electron chi connectivity index (χ3n) is 4.10. The number of fused-ring (bicyclic) bond motifs is 1. The first-order chi connectivity index (χ1) is 11.4. The molecule has 2 aromatic rings. The molecular formula is C16H17F2N3O2S. The van der Waals surface area contributed by atoms with Crippen LogP contribution in [-0.2, 0) is 23.0 Å². The summed E-state index contributed by atoms with van der Waals surface area (Å²) in [6, 6.07) is 6.32. The molecule has 24 heavy (non-hydrogen) atoms. The van der Waals surface area contributed by atoms with Crippen LogP contribution in [0.15, 0.2) is 41.6 Å². The lowest BCUT2D eigenvalue weighted by Crippen LogP contribution is -2.36. The van der Waals surface area contributed by atoms with Crippen molar-refractivity contribution in [2.75, 3.05) is 10.8 Å². The van der Waals surface area contributed by atoms with Crippen LogP contribution in [-0.4, -0.2) is 19.9 Å². The van der Waals surface area contributed by atoms with E-state index in [4.69, 9.17) is 5.73 Å².